The van der Waals surface area contributed by atoms with Crippen molar-refractivity contribution in [1.82, 2.24) is 10.3 Å². The lowest BCUT2D eigenvalue weighted by molar-refractivity contribution is 0.0661. The highest BCUT2D eigenvalue weighted by Crippen LogP contribution is 2.21. The molecule has 0 radical (unpaired) electrons. The fraction of sp³-hybridized carbons (Fsp3) is 0.438. The zero-order chi connectivity index (χ0) is 14.2. The Morgan fingerprint density at radius 3 is 2.90 bits per heavy atom. The first-order valence-corrected chi connectivity index (χ1v) is 6.94. The molecule has 0 bridgehead atoms. The van der Waals surface area contributed by atoms with E-state index in [9.17, 15) is 0 Å². The van der Waals surface area contributed by atoms with E-state index in [4.69, 9.17) is 9.47 Å². The molecule has 4 nitrogen and oxygen atoms in total. The van der Waals surface area contributed by atoms with Crippen LogP contribution >= 0.6 is 0 Å². The number of methoxy groups -OCH3 is 1. The Bertz CT molecular complexity index is 531. The number of hydrogen-bond donors (Lipinski definition) is 1. The molecule has 1 heterocycles. The first-order valence-electron chi connectivity index (χ1n) is 6.94. The molecule has 1 aromatic heterocycles. The van der Waals surface area contributed by atoms with Crippen molar-refractivity contribution in [2.75, 3.05) is 34.0 Å². The summed E-state index contributed by atoms with van der Waals surface area (Å²) in [4.78, 5) is 4.40. The van der Waals surface area contributed by atoms with Crippen LogP contribution < -0.4 is 5.32 Å². The molecule has 0 fully saturated rings. The number of pyridine rings is 1. The van der Waals surface area contributed by atoms with E-state index < -0.39 is 0 Å². The highest BCUT2D eigenvalue weighted by Gasteiger charge is 2.09. The van der Waals surface area contributed by atoms with Gasteiger partial charge in [0.2, 0.25) is 0 Å². The second-order valence-corrected chi connectivity index (χ2v) is 4.69. The van der Waals surface area contributed by atoms with Gasteiger partial charge in [0, 0.05) is 31.3 Å². The largest absolute Gasteiger partial charge is 0.382 e. The fourth-order valence-corrected chi connectivity index (χ4v) is 2.22. The van der Waals surface area contributed by atoms with Crippen molar-refractivity contribution in [2.45, 2.75) is 12.5 Å². The third-order valence-corrected chi connectivity index (χ3v) is 3.36. The second kappa shape index (κ2) is 7.94. The van der Waals surface area contributed by atoms with E-state index in [1.54, 1.807) is 7.11 Å². The Morgan fingerprint density at radius 1 is 1.20 bits per heavy atom. The van der Waals surface area contributed by atoms with Crippen LogP contribution in [0.4, 0.5) is 0 Å². The minimum atomic E-state index is 0.281. The van der Waals surface area contributed by atoms with E-state index in [1.807, 2.05) is 19.3 Å². The molecule has 0 spiro atoms. The second-order valence-electron chi connectivity index (χ2n) is 4.69. The Labute approximate surface area is 120 Å². The number of aromatic nitrogens is 1. The van der Waals surface area contributed by atoms with Crippen LogP contribution in [0.3, 0.4) is 0 Å². The first-order chi connectivity index (χ1) is 9.85. The molecule has 0 saturated carbocycles. The van der Waals surface area contributed by atoms with Gasteiger partial charge in [-0.1, -0.05) is 18.2 Å². The molecule has 108 valence electrons. The summed E-state index contributed by atoms with van der Waals surface area (Å²) < 4.78 is 10.5. The van der Waals surface area contributed by atoms with Crippen molar-refractivity contribution >= 4 is 10.9 Å². The lowest BCUT2D eigenvalue weighted by atomic mass is 10.0. The number of rotatable bonds is 8. The molecule has 1 atom stereocenters. The van der Waals surface area contributed by atoms with Gasteiger partial charge in [0.15, 0.2) is 0 Å². The minimum Gasteiger partial charge on any atom is -0.382 e. The van der Waals surface area contributed by atoms with Gasteiger partial charge >= 0.3 is 0 Å². The van der Waals surface area contributed by atoms with E-state index in [0.717, 1.165) is 18.5 Å². The van der Waals surface area contributed by atoms with Gasteiger partial charge in [-0.25, -0.2) is 0 Å². The average molecular weight is 274 g/mol. The quantitative estimate of drug-likeness (QED) is 0.751. The van der Waals surface area contributed by atoms with Gasteiger partial charge in [-0.3, -0.25) is 4.98 Å². The number of benzene rings is 1. The molecule has 0 aliphatic heterocycles. The summed E-state index contributed by atoms with van der Waals surface area (Å²) in [5, 5.41) is 4.50. The zero-order valence-electron chi connectivity index (χ0n) is 12.1. The SMILES string of the molecule is CNC(CCOCCOC)c1ccc2cccnc2c1. The number of hydrogen-bond acceptors (Lipinski definition) is 4. The smallest absolute Gasteiger partial charge is 0.0705 e. The predicted octanol–water partition coefficient (Wildman–Crippen LogP) is 2.55. The van der Waals surface area contributed by atoms with Gasteiger partial charge in [0.25, 0.3) is 0 Å². The van der Waals surface area contributed by atoms with Crippen molar-refractivity contribution < 1.29 is 9.47 Å². The summed E-state index contributed by atoms with van der Waals surface area (Å²) >= 11 is 0. The lowest BCUT2D eigenvalue weighted by Crippen LogP contribution is -2.18. The Balaban J connectivity index is 1.98. The molecule has 2 rings (SSSR count). The van der Waals surface area contributed by atoms with Gasteiger partial charge in [0.05, 0.1) is 18.7 Å². The average Bonchev–Trinajstić information content (AvgIpc) is 2.50. The summed E-state index contributed by atoms with van der Waals surface area (Å²) in [5.74, 6) is 0. The fourth-order valence-electron chi connectivity index (χ4n) is 2.22. The molecule has 2 aromatic rings. The van der Waals surface area contributed by atoms with Crippen molar-refractivity contribution in [3.8, 4) is 0 Å². The molecule has 4 heteroatoms. The highest BCUT2D eigenvalue weighted by molar-refractivity contribution is 5.78. The third kappa shape index (κ3) is 4.00. The van der Waals surface area contributed by atoms with Crippen LogP contribution in [0, 0.1) is 0 Å². The molecular weight excluding hydrogens is 252 g/mol. The van der Waals surface area contributed by atoms with Crippen LogP contribution in [-0.2, 0) is 9.47 Å². The molecule has 1 unspecified atom stereocenters. The molecule has 1 N–H and O–H groups in total. The molecule has 1 aromatic carbocycles. The number of ether oxygens (including phenoxy) is 2. The third-order valence-electron chi connectivity index (χ3n) is 3.36. The molecule has 0 aliphatic rings. The Morgan fingerprint density at radius 2 is 2.10 bits per heavy atom. The van der Waals surface area contributed by atoms with E-state index in [-0.39, 0.29) is 6.04 Å². The molecule has 0 amide bonds. The molecule has 20 heavy (non-hydrogen) atoms. The van der Waals surface area contributed by atoms with Gasteiger partial charge in [0.1, 0.15) is 0 Å². The van der Waals surface area contributed by atoms with Crippen molar-refractivity contribution in [3.63, 3.8) is 0 Å². The maximum atomic E-state index is 5.53. The molecule has 0 aliphatic carbocycles. The summed E-state index contributed by atoms with van der Waals surface area (Å²) in [5.41, 5.74) is 2.28. The van der Waals surface area contributed by atoms with Crippen LogP contribution in [0.2, 0.25) is 0 Å². The van der Waals surface area contributed by atoms with Crippen LogP contribution in [0.1, 0.15) is 18.0 Å². The van der Waals surface area contributed by atoms with E-state index in [0.29, 0.717) is 13.2 Å². The van der Waals surface area contributed by atoms with Crippen LogP contribution in [0.15, 0.2) is 36.5 Å². The van der Waals surface area contributed by atoms with Crippen LogP contribution in [0.25, 0.3) is 10.9 Å². The normalized spacial score (nSPS) is 12.7. The van der Waals surface area contributed by atoms with Crippen LogP contribution in [0.5, 0.6) is 0 Å². The first kappa shape index (κ1) is 14.9. The predicted molar refractivity (Wildman–Crippen MR) is 80.9 cm³/mol. The van der Waals surface area contributed by atoms with Crippen molar-refractivity contribution in [2.24, 2.45) is 0 Å². The number of nitrogens with one attached hydrogen (secondary N) is 1. The van der Waals surface area contributed by atoms with Gasteiger partial charge in [-0.2, -0.15) is 0 Å². The minimum absolute atomic E-state index is 0.281. The van der Waals surface area contributed by atoms with Gasteiger partial charge in [-0.05, 0) is 31.2 Å². The maximum Gasteiger partial charge on any atom is 0.0705 e. The maximum absolute atomic E-state index is 5.53. The Kier molecular flexibility index (Phi) is 5.92. The van der Waals surface area contributed by atoms with Crippen molar-refractivity contribution in [1.29, 1.82) is 0 Å². The zero-order valence-corrected chi connectivity index (χ0v) is 12.1. The summed E-state index contributed by atoms with van der Waals surface area (Å²) in [6.45, 7) is 2.01. The van der Waals surface area contributed by atoms with Crippen LogP contribution in [-0.4, -0.2) is 39.0 Å². The van der Waals surface area contributed by atoms with Crippen molar-refractivity contribution in [3.05, 3.63) is 42.1 Å². The lowest BCUT2D eigenvalue weighted by Gasteiger charge is -2.17. The monoisotopic (exact) mass is 274 g/mol. The van der Waals surface area contributed by atoms with Gasteiger partial charge < -0.3 is 14.8 Å². The molecule has 0 saturated heterocycles. The standard InChI is InChI=1S/C16H22N2O2/c1-17-15(7-9-20-11-10-19-2)14-6-5-13-4-3-8-18-16(13)12-14/h3-6,8,12,15,17H,7,9-11H2,1-2H3. The Hall–Kier alpha value is -1.49. The van der Waals surface area contributed by atoms with E-state index in [2.05, 4.69) is 34.6 Å². The summed E-state index contributed by atoms with van der Waals surface area (Å²) in [6, 6.07) is 10.7. The highest BCUT2D eigenvalue weighted by atomic mass is 16.5. The van der Waals surface area contributed by atoms with E-state index in [1.165, 1.54) is 10.9 Å². The molecular formula is C16H22N2O2. The summed E-state index contributed by atoms with van der Waals surface area (Å²) in [6.07, 6.45) is 2.76. The topological polar surface area (TPSA) is 43.4 Å². The number of nitrogens with zero attached hydrogens (tertiary/aromatic N) is 1. The van der Waals surface area contributed by atoms with E-state index >= 15 is 0 Å². The summed E-state index contributed by atoms with van der Waals surface area (Å²) in [7, 11) is 3.66. The number of fused-ring (bicyclic) bond motifs is 1. The van der Waals surface area contributed by atoms with Gasteiger partial charge in [-0.15, -0.1) is 0 Å².